The molecule has 0 unspecified atom stereocenters. The lowest BCUT2D eigenvalue weighted by Crippen LogP contribution is -2.36. The van der Waals surface area contributed by atoms with Crippen LogP contribution in [0.4, 0.5) is 0 Å². The van der Waals surface area contributed by atoms with Crippen LogP contribution < -0.4 is 5.32 Å². The summed E-state index contributed by atoms with van der Waals surface area (Å²) in [5.74, 6) is 0. The molecule has 0 aliphatic heterocycles. The predicted octanol–water partition coefficient (Wildman–Crippen LogP) is 2.77. The number of nitrogens with one attached hydrogen (secondary N) is 1. The minimum absolute atomic E-state index is 0.334. The van der Waals surface area contributed by atoms with E-state index in [1.54, 1.807) is 13.8 Å². The zero-order valence-electron chi connectivity index (χ0n) is 9.11. The summed E-state index contributed by atoms with van der Waals surface area (Å²) >= 11 is 3.46. The Kier molecular flexibility index (Phi) is 5.00. The van der Waals surface area contributed by atoms with Crippen molar-refractivity contribution in [1.29, 1.82) is 0 Å². The minimum Gasteiger partial charge on any atom is -0.384 e. The van der Waals surface area contributed by atoms with Crippen LogP contribution in [0.1, 0.15) is 41.0 Å². The molecular weight excluding hydrogens is 230 g/mol. The van der Waals surface area contributed by atoms with E-state index in [9.17, 15) is 5.11 Å². The third-order valence-corrected chi connectivity index (χ3v) is 2.58. The van der Waals surface area contributed by atoms with Gasteiger partial charge >= 0.3 is 0 Å². The average molecular weight is 250 g/mol. The lowest BCUT2D eigenvalue weighted by molar-refractivity contribution is 0.109. The number of hydrogen-bond donors (Lipinski definition) is 2. The molecule has 0 spiro atoms. The topological polar surface area (TPSA) is 32.3 Å². The maximum absolute atomic E-state index is 9.88. The lowest BCUT2D eigenvalue weighted by atomic mass is 10.0. The highest BCUT2D eigenvalue weighted by molar-refractivity contribution is 9.11. The molecule has 3 heteroatoms. The van der Waals surface area contributed by atoms with Gasteiger partial charge in [-0.25, -0.2) is 0 Å². The standard InChI is InChI=1S/C10H20BrNO/c1-6-8(11)9(10(4,5)13)12-7(2)3/h7,12-13H,6H2,1-5H3/b9-8-. The molecule has 0 saturated carbocycles. The van der Waals surface area contributed by atoms with Gasteiger partial charge in [-0.3, -0.25) is 0 Å². The van der Waals surface area contributed by atoms with Crippen LogP contribution in [0.5, 0.6) is 0 Å². The second-order valence-electron chi connectivity index (χ2n) is 3.99. The minimum atomic E-state index is -0.806. The van der Waals surface area contributed by atoms with Gasteiger partial charge in [-0.15, -0.1) is 0 Å². The summed E-state index contributed by atoms with van der Waals surface area (Å²) in [7, 11) is 0. The van der Waals surface area contributed by atoms with Crippen molar-refractivity contribution in [1.82, 2.24) is 5.32 Å². The highest BCUT2D eigenvalue weighted by Crippen LogP contribution is 2.23. The SMILES string of the molecule is CC/C(Br)=C(/NC(C)C)C(C)(C)O. The maximum atomic E-state index is 9.88. The van der Waals surface area contributed by atoms with Crippen molar-refractivity contribution >= 4 is 15.9 Å². The smallest absolute Gasteiger partial charge is 0.0992 e. The molecule has 0 bridgehead atoms. The Morgan fingerprint density at radius 3 is 2.15 bits per heavy atom. The second kappa shape index (κ2) is 5.01. The third-order valence-electron chi connectivity index (χ3n) is 1.63. The lowest BCUT2D eigenvalue weighted by Gasteiger charge is -2.26. The molecule has 2 N–H and O–H groups in total. The Labute approximate surface area is 89.5 Å². The molecule has 0 fully saturated rings. The molecular formula is C10H20BrNO. The molecule has 0 heterocycles. The van der Waals surface area contributed by atoms with Crippen LogP contribution in [0.15, 0.2) is 10.2 Å². The fourth-order valence-electron chi connectivity index (χ4n) is 1.05. The van der Waals surface area contributed by atoms with Gasteiger partial charge in [-0.05, 0) is 34.1 Å². The molecule has 13 heavy (non-hydrogen) atoms. The van der Waals surface area contributed by atoms with Crippen molar-refractivity contribution in [3.05, 3.63) is 10.2 Å². The van der Waals surface area contributed by atoms with Crippen molar-refractivity contribution < 1.29 is 5.11 Å². The van der Waals surface area contributed by atoms with Gasteiger partial charge in [-0.2, -0.15) is 0 Å². The quantitative estimate of drug-likeness (QED) is 0.804. The molecule has 0 rings (SSSR count). The Morgan fingerprint density at radius 2 is 1.92 bits per heavy atom. The monoisotopic (exact) mass is 249 g/mol. The van der Waals surface area contributed by atoms with E-state index in [2.05, 4.69) is 42.0 Å². The molecule has 0 amide bonds. The van der Waals surface area contributed by atoms with E-state index in [4.69, 9.17) is 0 Å². The van der Waals surface area contributed by atoms with Crippen LogP contribution in [0.25, 0.3) is 0 Å². The van der Waals surface area contributed by atoms with E-state index in [1.807, 2.05) is 0 Å². The van der Waals surface area contributed by atoms with Crippen molar-refractivity contribution in [2.45, 2.75) is 52.7 Å². The normalized spacial score (nSPS) is 14.5. The summed E-state index contributed by atoms with van der Waals surface area (Å²) in [5, 5.41) is 13.1. The Balaban J connectivity index is 4.77. The van der Waals surface area contributed by atoms with Crippen LogP contribution in [-0.4, -0.2) is 16.7 Å². The van der Waals surface area contributed by atoms with E-state index in [-0.39, 0.29) is 0 Å². The van der Waals surface area contributed by atoms with E-state index in [0.29, 0.717) is 6.04 Å². The van der Waals surface area contributed by atoms with Gasteiger partial charge in [0.1, 0.15) is 0 Å². The van der Waals surface area contributed by atoms with Crippen LogP contribution >= 0.6 is 15.9 Å². The number of hydrogen-bond acceptors (Lipinski definition) is 2. The first-order chi connectivity index (χ1) is 5.79. The molecule has 2 nitrogen and oxygen atoms in total. The number of halogens is 1. The molecule has 0 radical (unpaired) electrons. The summed E-state index contributed by atoms with van der Waals surface area (Å²) in [5.41, 5.74) is 0.0732. The van der Waals surface area contributed by atoms with E-state index < -0.39 is 5.60 Å². The van der Waals surface area contributed by atoms with Gasteiger partial charge in [0.25, 0.3) is 0 Å². The average Bonchev–Trinajstić information content (AvgIpc) is 1.96. The van der Waals surface area contributed by atoms with Crippen LogP contribution in [0.3, 0.4) is 0 Å². The van der Waals surface area contributed by atoms with Gasteiger partial charge in [-0.1, -0.05) is 22.9 Å². The molecule has 0 aromatic carbocycles. The summed E-state index contributed by atoms with van der Waals surface area (Å²) < 4.78 is 1.04. The molecule has 0 aromatic rings. The van der Waals surface area contributed by atoms with E-state index >= 15 is 0 Å². The van der Waals surface area contributed by atoms with Gasteiger partial charge in [0.15, 0.2) is 0 Å². The van der Waals surface area contributed by atoms with Gasteiger partial charge in [0, 0.05) is 10.5 Å². The Bertz CT molecular complexity index is 192. The number of allylic oxidation sites excluding steroid dienone is 1. The third kappa shape index (κ3) is 4.67. The second-order valence-corrected chi connectivity index (χ2v) is 4.95. The van der Waals surface area contributed by atoms with Crippen LogP contribution in [0, 0.1) is 0 Å². The molecule has 0 aliphatic carbocycles. The molecule has 0 aliphatic rings. The molecule has 0 saturated heterocycles. The highest BCUT2D eigenvalue weighted by Gasteiger charge is 2.22. The van der Waals surface area contributed by atoms with Crippen molar-refractivity contribution in [2.24, 2.45) is 0 Å². The zero-order chi connectivity index (χ0) is 10.6. The van der Waals surface area contributed by atoms with E-state index in [1.165, 1.54) is 0 Å². The summed E-state index contributed by atoms with van der Waals surface area (Å²) in [4.78, 5) is 0. The highest BCUT2D eigenvalue weighted by atomic mass is 79.9. The van der Waals surface area contributed by atoms with Crippen LogP contribution in [0.2, 0.25) is 0 Å². The summed E-state index contributed by atoms with van der Waals surface area (Å²) in [6.07, 6.45) is 0.888. The van der Waals surface area contributed by atoms with Crippen molar-refractivity contribution in [2.75, 3.05) is 0 Å². The molecule has 0 aromatic heterocycles. The van der Waals surface area contributed by atoms with Gasteiger partial charge < -0.3 is 10.4 Å². The van der Waals surface area contributed by atoms with Crippen molar-refractivity contribution in [3.8, 4) is 0 Å². The fraction of sp³-hybridized carbons (Fsp3) is 0.800. The fourth-order valence-corrected chi connectivity index (χ4v) is 1.65. The van der Waals surface area contributed by atoms with Gasteiger partial charge in [0.05, 0.1) is 11.3 Å². The molecule has 78 valence electrons. The Hall–Kier alpha value is -0.0200. The van der Waals surface area contributed by atoms with Crippen molar-refractivity contribution in [3.63, 3.8) is 0 Å². The number of rotatable bonds is 4. The first-order valence-corrected chi connectivity index (χ1v) is 5.46. The zero-order valence-corrected chi connectivity index (χ0v) is 10.7. The summed E-state index contributed by atoms with van der Waals surface area (Å²) in [6, 6.07) is 0.334. The number of aliphatic hydroxyl groups is 1. The van der Waals surface area contributed by atoms with Crippen LogP contribution in [-0.2, 0) is 0 Å². The first-order valence-electron chi connectivity index (χ1n) is 4.67. The van der Waals surface area contributed by atoms with E-state index in [0.717, 1.165) is 16.6 Å². The summed E-state index contributed by atoms with van der Waals surface area (Å²) in [6.45, 7) is 9.74. The largest absolute Gasteiger partial charge is 0.384 e. The van der Waals surface area contributed by atoms with Gasteiger partial charge in [0.2, 0.25) is 0 Å². The maximum Gasteiger partial charge on any atom is 0.0992 e. The molecule has 0 atom stereocenters. The first kappa shape index (κ1) is 13.0. The Morgan fingerprint density at radius 1 is 1.46 bits per heavy atom. The predicted molar refractivity (Wildman–Crippen MR) is 60.8 cm³/mol.